The molecule has 0 atom stereocenters. The van der Waals surface area contributed by atoms with Crippen LogP contribution in [0.5, 0.6) is 0 Å². The molecule has 0 unspecified atom stereocenters. The zero-order chi connectivity index (χ0) is 14.7. The second-order valence-corrected chi connectivity index (χ2v) is 5.28. The lowest BCUT2D eigenvalue weighted by molar-refractivity contribution is -0.142. The topological polar surface area (TPSA) is 63.7 Å². The number of rotatable bonds is 5. The highest BCUT2D eigenvalue weighted by Crippen LogP contribution is 2.35. The van der Waals surface area contributed by atoms with E-state index in [0.29, 0.717) is 22.3 Å². The van der Waals surface area contributed by atoms with Crippen molar-refractivity contribution >= 4 is 39.3 Å². The average Bonchev–Trinajstić information content (AvgIpc) is 2.66. The highest BCUT2D eigenvalue weighted by molar-refractivity contribution is 9.10. The van der Waals surface area contributed by atoms with E-state index >= 15 is 0 Å². The molecule has 1 aromatic rings. The number of halogens is 1. The third-order valence-electron chi connectivity index (χ3n) is 2.99. The third-order valence-corrected chi connectivity index (χ3v) is 3.63. The minimum atomic E-state index is -0.695. The van der Waals surface area contributed by atoms with Gasteiger partial charge in [-0.2, -0.15) is 0 Å². The van der Waals surface area contributed by atoms with Gasteiger partial charge >= 0.3 is 5.97 Å². The van der Waals surface area contributed by atoms with Gasteiger partial charge < -0.3 is 4.74 Å². The van der Waals surface area contributed by atoms with Crippen LogP contribution < -0.4 is 4.90 Å². The maximum absolute atomic E-state index is 11.9. The van der Waals surface area contributed by atoms with Crippen molar-refractivity contribution < 1.29 is 19.1 Å². The Kier molecular flexibility index (Phi) is 4.54. The van der Waals surface area contributed by atoms with Crippen LogP contribution in [0.3, 0.4) is 0 Å². The van der Waals surface area contributed by atoms with Gasteiger partial charge in [0.25, 0.3) is 11.7 Å². The van der Waals surface area contributed by atoms with E-state index in [4.69, 9.17) is 4.74 Å². The van der Waals surface area contributed by atoms with E-state index in [1.54, 1.807) is 18.2 Å². The Morgan fingerprint density at radius 1 is 1.35 bits per heavy atom. The van der Waals surface area contributed by atoms with Crippen molar-refractivity contribution in [2.24, 2.45) is 0 Å². The van der Waals surface area contributed by atoms with Gasteiger partial charge in [-0.25, -0.2) is 0 Å². The van der Waals surface area contributed by atoms with E-state index in [2.05, 4.69) is 15.9 Å². The van der Waals surface area contributed by atoms with E-state index in [-0.39, 0.29) is 6.54 Å². The number of fused-ring (bicyclic) bond motifs is 1. The zero-order valence-corrected chi connectivity index (χ0v) is 12.6. The molecule has 0 fully saturated rings. The Bertz CT molecular complexity index is 570. The van der Waals surface area contributed by atoms with E-state index < -0.39 is 17.7 Å². The van der Waals surface area contributed by atoms with Gasteiger partial charge in [0.2, 0.25) is 0 Å². The van der Waals surface area contributed by atoms with Crippen molar-refractivity contribution in [1.29, 1.82) is 0 Å². The normalized spacial score (nSPS) is 13.6. The maximum atomic E-state index is 11.9. The molecule has 1 amide bonds. The smallest absolute Gasteiger partial charge is 0.326 e. The summed E-state index contributed by atoms with van der Waals surface area (Å²) < 4.78 is 5.63. The molecule has 20 heavy (non-hydrogen) atoms. The van der Waals surface area contributed by atoms with Crippen LogP contribution in [-0.2, 0) is 14.3 Å². The number of para-hydroxylation sites is 1. The summed E-state index contributed by atoms with van der Waals surface area (Å²) in [5, 5.41) is 0. The first-order chi connectivity index (χ1) is 9.56. The SMILES string of the molecule is CCCCOC(=O)CN1C(=O)C(=O)c2cccc(Br)c21. The summed E-state index contributed by atoms with van der Waals surface area (Å²) in [7, 11) is 0. The minimum Gasteiger partial charge on any atom is -0.464 e. The summed E-state index contributed by atoms with van der Waals surface area (Å²) in [6.45, 7) is 2.07. The number of carbonyl (C=O) groups is 3. The van der Waals surface area contributed by atoms with Crippen LogP contribution in [-0.4, -0.2) is 30.8 Å². The minimum absolute atomic E-state index is 0.246. The zero-order valence-electron chi connectivity index (χ0n) is 11.0. The van der Waals surface area contributed by atoms with Crippen molar-refractivity contribution in [1.82, 2.24) is 0 Å². The van der Waals surface area contributed by atoms with Gasteiger partial charge in [-0.3, -0.25) is 19.3 Å². The molecule has 0 aromatic heterocycles. The summed E-state index contributed by atoms with van der Waals surface area (Å²) in [5.74, 6) is -1.80. The molecule has 1 aromatic carbocycles. The lowest BCUT2D eigenvalue weighted by Gasteiger charge is -2.16. The van der Waals surface area contributed by atoms with Crippen molar-refractivity contribution in [3.05, 3.63) is 28.2 Å². The Balaban J connectivity index is 2.16. The molecule has 0 saturated carbocycles. The summed E-state index contributed by atoms with van der Waals surface area (Å²) >= 11 is 3.30. The predicted octanol–water partition coefficient (Wildman–Crippen LogP) is 2.32. The molecular formula is C14H14BrNO4. The monoisotopic (exact) mass is 339 g/mol. The molecule has 0 N–H and O–H groups in total. The lowest BCUT2D eigenvalue weighted by atomic mass is 10.1. The summed E-state index contributed by atoms with van der Waals surface area (Å²) in [4.78, 5) is 36.6. The number of amides is 1. The Morgan fingerprint density at radius 3 is 2.80 bits per heavy atom. The molecule has 0 bridgehead atoms. The van der Waals surface area contributed by atoms with Gasteiger partial charge in [-0.1, -0.05) is 19.4 Å². The van der Waals surface area contributed by atoms with Gasteiger partial charge in [-0.15, -0.1) is 0 Å². The van der Waals surface area contributed by atoms with E-state index in [0.717, 1.165) is 17.7 Å². The molecule has 1 aliphatic heterocycles. The fraction of sp³-hybridized carbons (Fsp3) is 0.357. The standard InChI is InChI=1S/C14H14BrNO4/c1-2-3-7-20-11(17)8-16-12-9(13(18)14(16)19)5-4-6-10(12)15/h4-6H,2-3,7-8H2,1H3. The molecule has 0 spiro atoms. The molecule has 6 heteroatoms. The van der Waals surface area contributed by atoms with Crippen LogP contribution in [0.4, 0.5) is 5.69 Å². The second kappa shape index (κ2) is 6.17. The molecule has 106 valence electrons. The number of carbonyl (C=O) groups excluding carboxylic acids is 3. The van der Waals surface area contributed by atoms with Crippen LogP contribution in [0.15, 0.2) is 22.7 Å². The number of ketones is 1. The Morgan fingerprint density at radius 2 is 2.10 bits per heavy atom. The molecule has 2 rings (SSSR count). The quantitative estimate of drug-likeness (QED) is 0.469. The third kappa shape index (κ3) is 2.75. The molecule has 0 saturated heterocycles. The first-order valence-corrected chi connectivity index (χ1v) is 7.16. The summed E-state index contributed by atoms with van der Waals surface area (Å²) in [5.41, 5.74) is 0.751. The summed E-state index contributed by atoms with van der Waals surface area (Å²) in [6, 6.07) is 4.97. The van der Waals surface area contributed by atoms with Crippen LogP contribution in [0.1, 0.15) is 30.1 Å². The second-order valence-electron chi connectivity index (χ2n) is 4.43. The highest BCUT2D eigenvalue weighted by Gasteiger charge is 2.38. The van der Waals surface area contributed by atoms with Crippen molar-refractivity contribution in [3.8, 4) is 0 Å². The van der Waals surface area contributed by atoms with Crippen molar-refractivity contribution in [2.75, 3.05) is 18.1 Å². The highest BCUT2D eigenvalue weighted by atomic mass is 79.9. The largest absolute Gasteiger partial charge is 0.464 e. The number of unbranched alkanes of at least 4 members (excludes halogenated alkanes) is 1. The predicted molar refractivity (Wildman–Crippen MR) is 76.7 cm³/mol. The number of benzene rings is 1. The number of Topliss-reactive ketones (excluding diaryl/α,β-unsaturated/α-hetero) is 1. The maximum Gasteiger partial charge on any atom is 0.326 e. The molecule has 1 heterocycles. The van der Waals surface area contributed by atoms with E-state index in [9.17, 15) is 14.4 Å². The lowest BCUT2D eigenvalue weighted by Crippen LogP contribution is -2.35. The molecule has 1 aliphatic rings. The average molecular weight is 340 g/mol. The van der Waals surface area contributed by atoms with Crippen LogP contribution in [0.2, 0.25) is 0 Å². The van der Waals surface area contributed by atoms with E-state index in [1.807, 2.05) is 6.92 Å². The van der Waals surface area contributed by atoms with Gasteiger partial charge in [-0.05, 0) is 34.5 Å². The Hall–Kier alpha value is -1.69. The number of hydrogen-bond donors (Lipinski definition) is 0. The van der Waals surface area contributed by atoms with Gasteiger partial charge in [0.15, 0.2) is 0 Å². The van der Waals surface area contributed by atoms with Gasteiger partial charge in [0, 0.05) is 4.47 Å². The first kappa shape index (κ1) is 14.7. The molecule has 0 radical (unpaired) electrons. The van der Waals surface area contributed by atoms with Crippen LogP contribution in [0, 0.1) is 0 Å². The number of esters is 1. The molecule has 5 nitrogen and oxygen atoms in total. The van der Waals surface area contributed by atoms with Gasteiger partial charge in [0.1, 0.15) is 6.54 Å². The summed E-state index contributed by atoms with van der Waals surface area (Å²) in [6.07, 6.45) is 1.70. The van der Waals surface area contributed by atoms with Crippen molar-refractivity contribution in [2.45, 2.75) is 19.8 Å². The fourth-order valence-corrected chi connectivity index (χ4v) is 2.55. The van der Waals surface area contributed by atoms with Crippen molar-refractivity contribution in [3.63, 3.8) is 0 Å². The number of anilines is 1. The number of hydrogen-bond acceptors (Lipinski definition) is 4. The van der Waals surface area contributed by atoms with Crippen LogP contribution >= 0.6 is 15.9 Å². The van der Waals surface area contributed by atoms with Crippen LogP contribution in [0.25, 0.3) is 0 Å². The number of nitrogens with zero attached hydrogens (tertiary/aromatic N) is 1. The molecule has 0 aliphatic carbocycles. The Labute approximate surface area is 125 Å². The number of ether oxygens (including phenoxy) is 1. The fourth-order valence-electron chi connectivity index (χ4n) is 1.97. The van der Waals surface area contributed by atoms with E-state index in [1.165, 1.54) is 0 Å². The van der Waals surface area contributed by atoms with Gasteiger partial charge in [0.05, 0.1) is 17.9 Å². The molecular weight excluding hydrogens is 326 g/mol. The first-order valence-electron chi connectivity index (χ1n) is 6.36.